The van der Waals surface area contributed by atoms with Gasteiger partial charge < -0.3 is 9.84 Å². The lowest BCUT2D eigenvalue weighted by Gasteiger charge is -2.03. The molecule has 1 N–H and O–H groups in total. The summed E-state index contributed by atoms with van der Waals surface area (Å²) in [6.45, 7) is 4.46. The summed E-state index contributed by atoms with van der Waals surface area (Å²) in [6.07, 6.45) is 0.922. The molecule has 1 amide bonds. The number of hydrogen-bond acceptors (Lipinski definition) is 4. The molecule has 0 aliphatic rings. The maximum atomic E-state index is 11.7. The summed E-state index contributed by atoms with van der Waals surface area (Å²) in [5, 5.41) is 6.55. The smallest absolute Gasteiger partial charge is 0.257 e. The minimum absolute atomic E-state index is 0.0647. The Balaban J connectivity index is 2.12. The quantitative estimate of drug-likeness (QED) is 0.896. The highest BCUT2D eigenvalue weighted by Gasteiger charge is 2.08. The van der Waals surface area contributed by atoms with Crippen LogP contribution in [0.15, 0.2) is 28.8 Å². The molecule has 0 fully saturated rings. The maximum Gasteiger partial charge on any atom is 0.257 e. The van der Waals surface area contributed by atoms with Crippen LogP contribution >= 0.6 is 0 Å². The maximum absolute atomic E-state index is 11.7. The van der Waals surface area contributed by atoms with E-state index in [1.54, 1.807) is 31.2 Å². The molecule has 0 unspecified atom stereocenters. The van der Waals surface area contributed by atoms with Crippen molar-refractivity contribution in [1.82, 2.24) is 15.5 Å². The van der Waals surface area contributed by atoms with Gasteiger partial charge in [0.2, 0.25) is 0 Å². The fourth-order valence-corrected chi connectivity index (χ4v) is 1.52. The molecule has 0 radical (unpaired) electrons. The molecule has 1 aromatic heterocycles. The molecule has 2 rings (SSSR count). The molecule has 0 aliphatic carbocycles. The van der Waals surface area contributed by atoms with Gasteiger partial charge in [0.05, 0.1) is 0 Å². The van der Waals surface area contributed by atoms with Gasteiger partial charge in [-0.1, -0.05) is 12.1 Å². The van der Waals surface area contributed by atoms with Gasteiger partial charge in [0.15, 0.2) is 5.82 Å². The summed E-state index contributed by atoms with van der Waals surface area (Å²) in [6, 6.07) is 7.10. The monoisotopic (exact) mass is 245 g/mol. The van der Waals surface area contributed by atoms with Crippen LogP contribution in [-0.2, 0) is 0 Å². The molecule has 1 heterocycles. The molecule has 5 nitrogen and oxygen atoms in total. The zero-order valence-corrected chi connectivity index (χ0v) is 10.4. The molecule has 18 heavy (non-hydrogen) atoms. The number of nitrogens with zero attached hydrogens (tertiary/aromatic N) is 2. The molecule has 94 valence electrons. The Labute approximate surface area is 105 Å². The minimum atomic E-state index is -0.0647. The predicted octanol–water partition coefficient (Wildman–Crippen LogP) is 2.18. The molecule has 0 atom stereocenters. The summed E-state index contributed by atoms with van der Waals surface area (Å²) in [5.41, 5.74) is 1.44. The van der Waals surface area contributed by atoms with Gasteiger partial charge in [-0.25, -0.2) is 0 Å². The van der Waals surface area contributed by atoms with Crippen molar-refractivity contribution in [2.45, 2.75) is 20.3 Å². The van der Waals surface area contributed by atoms with E-state index in [1.165, 1.54) is 0 Å². The number of carbonyl (C=O) groups excluding carboxylic acids is 1. The van der Waals surface area contributed by atoms with E-state index in [0.29, 0.717) is 23.8 Å². The van der Waals surface area contributed by atoms with Gasteiger partial charge >= 0.3 is 0 Å². The zero-order chi connectivity index (χ0) is 13.0. The van der Waals surface area contributed by atoms with Crippen molar-refractivity contribution in [3.63, 3.8) is 0 Å². The Hall–Kier alpha value is -2.17. The van der Waals surface area contributed by atoms with E-state index in [9.17, 15) is 4.79 Å². The zero-order valence-electron chi connectivity index (χ0n) is 10.4. The first-order valence-corrected chi connectivity index (χ1v) is 5.89. The summed E-state index contributed by atoms with van der Waals surface area (Å²) in [4.78, 5) is 15.8. The molecule has 5 heteroatoms. The Kier molecular flexibility index (Phi) is 3.72. The van der Waals surface area contributed by atoms with Gasteiger partial charge in [-0.15, -0.1) is 0 Å². The first kappa shape index (κ1) is 12.3. The van der Waals surface area contributed by atoms with E-state index in [4.69, 9.17) is 4.52 Å². The van der Waals surface area contributed by atoms with Crippen molar-refractivity contribution in [2.24, 2.45) is 0 Å². The second kappa shape index (κ2) is 5.44. The first-order valence-electron chi connectivity index (χ1n) is 5.89. The van der Waals surface area contributed by atoms with Crippen LogP contribution in [0.25, 0.3) is 11.5 Å². The molecule has 0 spiro atoms. The number of carbonyl (C=O) groups is 1. The number of benzene rings is 1. The predicted molar refractivity (Wildman–Crippen MR) is 67.1 cm³/mol. The molecule has 0 saturated heterocycles. The van der Waals surface area contributed by atoms with Crippen molar-refractivity contribution in [3.8, 4) is 11.5 Å². The Morgan fingerprint density at radius 2 is 2.06 bits per heavy atom. The summed E-state index contributed by atoms with van der Waals surface area (Å²) in [5.74, 6) is 0.993. The molecular formula is C13H15N3O2. The van der Waals surface area contributed by atoms with Crippen LogP contribution in [-0.4, -0.2) is 22.6 Å². The van der Waals surface area contributed by atoms with Crippen LogP contribution in [0.5, 0.6) is 0 Å². The Morgan fingerprint density at radius 1 is 1.33 bits per heavy atom. The lowest BCUT2D eigenvalue weighted by molar-refractivity contribution is 0.0953. The van der Waals surface area contributed by atoms with Crippen molar-refractivity contribution in [2.75, 3.05) is 6.54 Å². The number of aromatic nitrogens is 2. The van der Waals surface area contributed by atoms with Crippen LogP contribution in [0.1, 0.15) is 29.5 Å². The highest BCUT2D eigenvalue weighted by atomic mass is 16.5. The van der Waals surface area contributed by atoms with Crippen LogP contribution < -0.4 is 5.32 Å². The summed E-state index contributed by atoms with van der Waals surface area (Å²) >= 11 is 0. The van der Waals surface area contributed by atoms with E-state index >= 15 is 0 Å². The van der Waals surface area contributed by atoms with E-state index < -0.39 is 0 Å². The average Bonchev–Trinajstić information content (AvgIpc) is 2.83. The number of nitrogens with one attached hydrogen (secondary N) is 1. The lowest BCUT2D eigenvalue weighted by atomic mass is 10.1. The number of rotatable bonds is 4. The van der Waals surface area contributed by atoms with E-state index in [0.717, 1.165) is 12.0 Å². The number of hydrogen-bond donors (Lipinski definition) is 1. The number of amides is 1. The Bertz CT molecular complexity index is 531. The molecular weight excluding hydrogens is 230 g/mol. The third-order valence-electron chi connectivity index (χ3n) is 2.46. The molecule has 0 saturated carbocycles. The van der Waals surface area contributed by atoms with Gasteiger partial charge in [0, 0.05) is 17.7 Å². The van der Waals surface area contributed by atoms with Crippen molar-refractivity contribution >= 4 is 5.91 Å². The van der Waals surface area contributed by atoms with Gasteiger partial charge in [-0.2, -0.15) is 4.98 Å². The van der Waals surface area contributed by atoms with Crippen LogP contribution in [0, 0.1) is 6.92 Å². The molecule has 1 aromatic carbocycles. The van der Waals surface area contributed by atoms with Crippen molar-refractivity contribution in [1.29, 1.82) is 0 Å². The average molecular weight is 245 g/mol. The van der Waals surface area contributed by atoms with Gasteiger partial charge in [0.25, 0.3) is 11.8 Å². The SMILES string of the molecule is CCCNC(=O)c1ccc(-c2nc(C)no2)cc1. The fraction of sp³-hybridized carbons (Fsp3) is 0.308. The highest BCUT2D eigenvalue weighted by Crippen LogP contribution is 2.17. The minimum Gasteiger partial charge on any atom is -0.352 e. The van der Waals surface area contributed by atoms with Crippen LogP contribution in [0.3, 0.4) is 0 Å². The second-order valence-corrected chi connectivity index (χ2v) is 3.98. The molecule has 0 aliphatic heterocycles. The second-order valence-electron chi connectivity index (χ2n) is 3.98. The van der Waals surface area contributed by atoms with Crippen molar-refractivity contribution in [3.05, 3.63) is 35.7 Å². The first-order chi connectivity index (χ1) is 8.70. The van der Waals surface area contributed by atoms with Gasteiger partial charge in [-0.05, 0) is 37.6 Å². The van der Waals surface area contributed by atoms with E-state index in [1.807, 2.05) is 6.92 Å². The summed E-state index contributed by atoms with van der Waals surface area (Å²) in [7, 11) is 0. The highest BCUT2D eigenvalue weighted by molar-refractivity contribution is 5.94. The third-order valence-corrected chi connectivity index (χ3v) is 2.46. The van der Waals surface area contributed by atoms with E-state index in [2.05, 4.69) is 15.5 Å². The fourth-order valence-electron chi connectivity index (χ4n) is 1.52. The van der Waals surface area contributed by atoms with Gasteiger partial charge in [0.1, 0.15) is 0 Å². The van der Waals surface area contributed by atoms with Gasteiger partial charge in [-0.3, -0.25) is 4.79 Å². The largest absolute Gasteiger partial charge is 0.352 e. The van der Waals surface area contributed by atoms with Crippen molar-refractivity contribution < 1.29 is 9.32 Å². The van der Waals surface area contributed by atoms with Crippen LogP contribution in [0.4, 0.5) is 0 Å². The Morgan fingerprint density at radius 3 is 2.61 bits per heavy atom. The normalized spacial score (nSPS) is 10.3. The topological polar surface area (TPSA) is 68.0 Å². The van der Waals surface area contributed by atoms with E-state index in [-0.39, 0.29) is 5.91 Å². The van der Waals surface area contributed by atoms with Crippen LogP contribution in [0.2, 0.25) is 0 Å². The molecule has 2 aromatic rings. The lowest BCUT2D eigenvalue weighted by Crippen LogP contribution is -2.23. The summed E-state index contributed by atoms with van der Waals surface area (Å²) < 4.78 is 5.05. The standard InChI is InChI=1S/C13H15N3O2/c1-3-8-14-12(17)10-4-6-11(7-5-10)13-15-9(2)16-18-13/h4-7H,3,8H2,1-2H3,(H,14,17). The third kappa shape index (κ3) is 2.74. The molecule has 0 bridgehead atoms. The number of aryl methyl sites for hydroxylation is 1.